The van der Waals surface area contributed by atoms with E-state index in [9.17, 15) is 4.79 Å². The molecule has 0 aliphatic heterocycles. The van der Waals surface area contributed by atoms with E-state index in [4.69, 9.17) is 11.6 Å². The van der Waals surface area contributed by atoms with E-state index >= 15 is 0 Å². The third-order valence-corrected chi connectivity index (χ3v) is 3.00. The molecule has 3 heteroatoms. The number of carbonyl (C=O) groups excluding carboxylic acids is 1. The predicted octanol–water partition coefficient (Wildman–Crippen LogP) is 2.23. The molecule has 8 heavy (non-hydrogen) atoms. The van der Waals surface area contributed by atoms with Gasteiger partial charge < -0.3 is 0 Å². The number of Topliss-reactive ketones (excluding diaryl/α,β-unsaturated/α-hetero) is 1. The first-order chi connectivity index (χ1) is 3.72. The molecule has 1 aliphatic rings. The molecule has 0 N–H and O–H groups in total. The van der Waals surface area contributed by atoms with Crippen molar-refractivity contribution in [2.45, 2.75) is 12.8 Å². The number of allylic oxidation sites excluding steroid dienone is 2. The van der Waals surface area contributed by atoms with Gasteiger partial charge >= 0.3 is 0 Å². The fourth-order valence-corrected chi connectivity index (χ4v) is 1.33. The van der Waals surface area contributed by atoms with E-state index in [-0.39, 0.29) is 5.78 Å². The van der Waals surface area contributed by atoms with Gasteiger partial charge in [0.05, 0.1) is 3.58 Å². The molecular formula is C5H4ClIO. The van der Waals surface area contributed by atoms with Crippen LogP contribution in [0.4, 0.5) is 0 Å². The van der Waals surface area contributed by atoms with Gasteiger partial charge in [0, 0.05) is 11.5 Å². The zero-order valence-electron chi connectivity index (χ0n) is 4.08. The smallest absolute Gasteiger partial charge is 0.170 e. The van der Waals surface area contributed by atoms with Crippen molar-refractivity contribution >= 4 is 40.0 Å². The van der Waals surface area contributed by atoms with Crippen molar-refractivity contribution in [3.8, 4) is 0 Å². The molecule has 0 atom stereocenters. The maximum Gasteiger partial charge on any atom is 0.170 e. The maximum atomic E-state index is 10.6. The zero-order chi connectivity index (χ0) is 6.15. The van der Waals surface area contributed by atoms with Gasteiger partial charge in [-0.25, -0.2) is 0 Å². The quantitative estimate of drug-likeness (QED) is 0.595. The average molecular weight is 242 g/mol. The monoisotopic (exact) mass is 242 g/mol. The van der Waals surface area contributed by atoms with Crippen LogP contribution in [0.15, 0.2) is 8.61 Å². The predicted molar refractivity (Wildman–Crippen MR) is 41.1 cm³/mol. The largest absolute Gasteiger partial charge is 0.294 e. The molecule has 0 amide bonds. The van der Waals surface area contributed by atoms with Gasteiger partial charge in [-0.2, -0.15) is 0 Å². The van der Waals surface area contributed by atoms with Crippen LogP contribution in [0, 0.1) is 0 Å². The first kappa shape index (κ1) is 6.55. The van der Waals surface area contributed by atoms with Crippen molar-refractivity contribution in [1.82, 2.24) is 0 Å². The Morgan fingerprint density at radius 1 is 1.50 bits per heavy atom. The second-order valence-corrected chi connectivity index (χ2v) is 3.18. The molecule has 0 saturated heterocycles. The molecule has 0 heterocycles. The van der Waals surface area contributed by atoms with Gasteiger partial charge in [0.2, 0.25) is 0 Å². The van der Waals surface area contributed by atoms with Gasteiger partial charge in [-0.1, -0.05) is 11.6 Å². The minimum Gasteiger partial charge on any atom is -0.294 e. The van der Waals surface area contributed by atoms with Crippen molar-refractivity contribution in [3.05, 3.63) is 8.61 Å². The van der Waals surface area contributed by atoms with Crippen molar-refractivity contribution in [1.29, 1.82) is 0 Å². The van der Waals surface area contributed by atoms with E-state index in [0.29, 0.717) is 6.42 Å². The molecule has 0 spiro atoms. The Hall–Kier alpha value is 0.430. The molecule has 1 nitrogen and oxygen atoms in total. The summed E-state index contributed by atoms with van der Waals surface area (Å²) in [5.74, 6) is 0.190. The summed E-state index contributed by atoms with van der Waals surface area (Å²) in [6, 6.07) is 0. The van der Waals surface area contributed by atoms with E-state index in [2.05, 4.69) is 0 Å². The molecular weight excluding hydrogens is 238 g/mol. The summed E-state index contributed by atoms with van der Waals surface area (Å²) in [6.07, 6.45) is 1.36. The van der Waals surface area contributed by atoms with Crippen molar-refractivity contribution in [2.24, 2.45) is 0 Å². The molecule has 0 bridgehead atoms. The van der Waals surface area contributed by atoms with Crippen LogP contribution >= 0.6 is 34.2 Å². The Kier molecular flexibility index (Phi) is 1.92. The molecule has 0 aromatic carbocycles. The standard InChI is InChI=1S/C5H4ClIO/c6-3-1-2-4(8)5(3)7/h1-2H2. The van der Waals surface area contributed by atoms with Crippen LogP contribution in [0.1, 0.15) is 12.8 Å². The van der Waals surface area contributed by atoms with Crippen LogP contribution < -0.4 is 0 Å². The van der Waals surface area contributed by atoms with Crippen molar-refractivity contribution in [2.75, 3.05) is 0 Å². The number of hydrogen-bond donors (Lipinski definition) is 0. The van der Waals surface area contributed by atoms with Crippen LogP contribution in [0.2, 0.25) is 0 Å². The maximum absolute atomic E-state index is 10.6. The van der Waals surface area contributed by atoms with E-state index in [0.717, 1.165) is 15.0 Å². The lowest BCUT2D eigenvalue weighted by atomic mass is 10.3. The normalized spacial score (nSPS) is 20.5. The Morgan fingerprint density at radius 2 is 2.12 bits per heavy atom. The fourth-order valence-electron chi connectivity index (χ4n) is 0.594. The van der Waals surface area contributed by atoms with Crippen LogP contribution in [0.25, 0.3) is 0 Å². The lowest BCUT2D eigenvalue weighted by Gasteiger charge is -1.81. The number of rotatable bonds is 0. The molecule has 44 valence electrons. The third-order valence-electron chi connectivity index (χ3n) is 1.05. The molecule has 1 rings (SSSR count). The van der Waals surface area contributed by atoms with E-state index in [1.165, 1.54) is 0 Å². The lowest BCUT2D eigenvalue weighted by molar-refractivity contribution is -0.114. The molecule has 0 radical (unpaired) electrons. The highest BCUT2D eigenvalue weighted by atomic mass is 127. The summed E-state index contributed by atoms with van der Waals surface area (Å²) in [5, 5.41) is 0.732. The third kappa shape index (κ3) is 1.05. The molecule has 1 aliphatic carbocycles. The molecule has 0 aromatic rings. The molecule has 0 aromatic heterocycles. The van der Waals surface area contributed by atoms with Crippen LogP contribution in [-0.4, -0.2) is 5.78 Å². The van der Waals surface area contributed by atoms with Crippen LogP contribution in [0.5, 0.6) is 0 Å². The van der Waals surface area contributed by atoms with Crippen LogP contribution in [-0.2, 0) is 4.79 Å². The van der Waals surface area contributed by atoms with Crippen LogP contribution in [0.3, 0.4) is 0 Å². The molecule has 0 fully saturated rings. The van der Waals surface area contributed by atoms with Crippen molar-refractivity contribution in [3.63, 3.8) is 0 Å². The highest BCUT2D eigenvalue weighted by Gasteiger charge is 2.18. The molecule has 0 unspecified atom stereocenters. The fraction of sp³-hybridized carbons (Fsp3) is 0.400. The Bertz CT molecular complexity index is 162. The Balaban J connectivity index is 2.86. The average Bonchev–Trinajstić information content (AvgIpc) is 1.98. The summed E-state index contributed by atoms with van der Waals surface area (Å²) in [7, 11) is 0. The van der Waals surface area contributed by atoms with Gasteiger partial charge in [0.15, 0.2) is 5.78 Å². The van der Waals surface area contributed by atoms with Gasteiger partial charge in [0.1, 0.15) is 0 Å². The minimum absolute atomic E-state index is 0.190. The number of halogens is 2. The second-order valence-electron chi connectivity index (χ2n) is 1.64. The van der Waals surface area contributed by atoms with E-state index in [1.807, 2.05) is 22.6 Å². The second kappa shape index (κ2) is 2.35. The van der Waals surface area contributed by atoms with E-state index in [1.54, 1.807) is 0 Å². The summed E-state index contributed by atoms with van der Waals surface area (Å²) in [6.45, 7) is 0. The number of hydrogen-bond acceptors (Lipinski definition) is 1. The first-order valence-electron chi connectivity index (χ1n) is 2.29. The summed E-state index contributed by atoms with van der Waals surface area (Å²) >= 11 is 7.59. The summed E-state index contributed by atoms with van der Waals surface area (Å²) in [4.78, 5) is 10.6. The highest BCUT2D eigenvalue weighted by molar-refractivity contribution is 14.1. The number of ketones is 1. The summed E-state index contributed by atoms with van der Waals surface area (Å²) < 4.78 is 0.726. The van der Waals surface area contributed by atoms with Gasteiger partial charge in [-0.3, -0.25) is 4.79 Å². The van der Waals surface area contributed by atoms with E-state index < -0.39 is 0 Å². The Morgan fingerprint density at radius 3 is 2.25 bits per heavy atom. The summed E-state index contributed by atoms with van der Waals surface area (Å²) in [5.41, 5.74) is 0. The topological polar surface area (TPSA) is 17.1 Å². The van der Waals surface area contributed by atoms with Crippen molar-refractivity contribution < 1.29 is 4.79 Å². The SMILES string of the molecule is O=C1CCC(Cl)=C1I. The first-order valence-corrected chi connectivity index (χ1v) is 3.75. The zero-order valence-corrected chi connectivity index (χ0v) is 6.99. The van der Waals surface area contributed by atoms with Gasteiger partial charge in [0.25, 0.3) is 0 Å². The number of carbonyl (C=O) groups is 1. The highest BCUT2D eigenvalue weighted by Crippen LogP contribution is 2.29. The van der Waals surface area contributed by atoms with Gasteiger partial charge in [-0.15, -0.1) is 0 Å². The van der Waals surface area contributed by atoms with Gasteiger partial charge in [-0.05, 0) is 29.0 Å². The molecule has 0 saturated carbocycles. The Labute approximate surface area is 66.2 Å². The lowest BCUT2D eigenvalue weighted by Crippen LogP contribution is -1.86. The minimum atomic E-state index is 0.190.